The first-order chi connectivity index (χ1) is 12.9. The summed E-state index contributed by atoms with van der Waals surface area (Å²) >= 11 is 7.27. The van der Waals surface area contributed by atoms with Crippen LogP contribution in [-0.4, -0.2) is 60.5 Å². The van der Waals surface area contributed by atoms with E-state index in [1.54, 1.807) is 25.1 Å². The van der Waals surface area contributed by atoms with E-state index in [0.29, 0.717) is 53.4 Å². The van der Waals surface area contributed by atoms with Crippen LogP contribution in [0.25, 0.3) is 0 Å². The molecule has 27 heavy (non-hydrogen) atoms. The molecule has 2 saturated heterocycles. The molecule has 0 aliphatic carbocycles. The summed E-state index contributed by atoms with van der Waals surface area (Å²) in [6, 6.07) is 5.09. The third-order valence-electron chi connectivity index (χ3n) is 5.07. The van der Waals surface area contributed by atoms with E-state index in [1.807, 2.05) is 16.7 Å². The van der Waals surface area contributed by atoms with E-state index in [1.165, 1.54) is 11.3 Å². The molecule has 6 nitrogen and oxygen atoms in total. The van der Waals surface area contributed by atoms with Crippen molar-refractivity contribution in [2.24, 2.45) is 5.92 Å². The minimum absolute atomic E-state index is 0.0339. The summed E-state index contributed by atoms with van der Waals surface area (Å²) in [5.74, 6) is 1.33. The smallest absolute Gasteiger partial charge is 0.264 e. The fourth-order valence-electron chi connectivity index (χ4n) is 3.84. The molecule has 0 aromatic carbocycles. The molecule has 0 N–H and O–H groups in total. The molecule has 144 valence electrons. The highest BCUT2D eigenvalue weighted by Crippen LogP contribution is 2.27. The minimum Gasteiger partial charge on any atom is -0.466 e. The highest BCUT2D eigenvalue weighted by Gasteiger charge is 2.38. The Morgan fingerprint density at radius 1 is 1.15 bits per heavy atom. The zero-order chi connectivity index (χ0) is 19.1. The highest BCUT2D eigenvalue weighted by molar-refractivity contribution is 7.17. The van der Waals surface area contributed by atoms with Crippen LogP contribution in [0.15, 0.2) is 22.6 Å². The first kappa shape index (κ1) is 18.5. The Balaban J connectivity index is 1.59. The van der Waals surface area contributed by atoms with Crippen molar-refractivity contribution in [3.8, 4) is 0 Å². The summed E-state index contributed by atoms with van der Waals surface area (Å²) in [7, 11) is 0. The predicted octanol–water partition coefficient (Wildman–Crippen LogP) is 3.22. The van der Waals surface area contributed by atoms with Crippen LogP contribution in [0.4, 0.5) is 0 Å². The summed E-state index contributed by atoms with van der Waals surface area (Å²) in [5.41, 5.74) is 0.586. The SMILES string of the molecule is Cc1cc(C(=O)N2C[C@H]3COC[C@@H]2CN(C(=O)c2ccc(Cl)s2)C3)c(C)o1. The van der Waals surface area contributed by atoms with Gasteiger partial charge in [0.25, 0.3) is 11.8 Å². The molecule has 0 spiro atoms. The molecule has 2 fully saturated rings. The molecule has 0 unspecified atom stereocenters. The van der Waals surface area contributed by atoms with Gasteiger partial charge in [-0.1, -0.05) is 11.6 Å². The molecule has 2 amide bonds. The second-order valence-corrected chi connectivity index (χ2v) is 8.87. The third kappa shape index (κ3) is 3.63. The third-order valence-corrected chi connectivity index (χ3v) is 6.29. The minimum atomic E-state index is -0.181. The number of carbonyl (C=O) groups excluding carboxylic acids is 2. The predicted molar refractivity (Wildman–Crippen MR) is 103 cm³/mol. The Kier molecular flexibility index (Phi) is 5.01. The van der Waals surface area contributed by atoms with E-state index in [9.17, 15) is 9.59 Å². The van der Waals surface area contributed by atoms with Crippen LogP contribution in [0, 0.1) is 19.8 Å². The standard InChI is InChI=1S/C19H21ClN2O4S/c1-11-5-15(12(2)26-11)18(23)22-7-13-6-21(8-14(22)10-25-9-13)19(24)16-3-4-17(20)27-16/h3-5,13-14H,6-10H2,1-2H3/t13-,14-/m0/s1. The van der Waals surface area contributed by atoms with Gasteiger partial charge in [0, 0.05) is 25.6 Å². The Labute approximate surface area is 166 Å². The number of carbonyl (C=O) groups is 2. The van der Waals surface area contributed by atoms with Gasteiger partial charge in [-0.25, -0.2) is 0 Å². The van der Waals surface area contributed by atoms with E-state index >= 15 is 0 Å². The molecule has 2 aliphatic heterocycles. The zero-order valence-electron chi connectivity index (χ0n) is 15.2. The van der Waals surface area contributed by atoms with Crippen LogP contribution in [0.5, 0.6) is 0 Å². The van der Waals surface area contributed by atoms with Crippen molar-refractivity contribution >= 4 is 34.8 Å². The number of fused-ring (bicyclic) bond motifs is 3. The number of hydrogen-bond donors (Lipinski definition) is 0. The molecule has 4 rings (SSSR count). The lowest BCUT2D eigenvalue weighted by atomic mass is 10.1. The molecule has 2 aromatic rings. The number of rotatable bonds is 2. The van der Waals surface area contributed by atoms with Gasteiger partial charge in [0.2, 0.25) is 0 Å². The Morgan fingerprint density at radius 2 is 1.96 bits per heavy atom. The lowest BCUT2D eigenvalue weighted by Gasteiger charge is -2.31. The molecule has 4 heterocycles. The first-order valence-electron chi connectivity index (χ1n) is 8.92. The van der Waals surface area contributed by atoms with E-state index in [0.717, 1.165) is 5.76 Å². The van der Waals surface area contributed by atoms with Crippen LogP contribution in [-0.2, 0) is 4.74 Å². The van der Waals surface area contributed by atoms with Crippen LogP contribution < -0.4 is 0 Å². The monoisotopic (exact) mass is 408 g/mol. The van der Waals surface area contributed by atoms with Gasteiger partial charge in [-0.15, -0.1) is 11.3 Å². The molecule has 2 aromatic heterocycles. The number of amides is 2. The lowest BCUT2D eigenvalue weighted by molar-refractivity contribution is 0.0382. The zero-order valence-corrected chi connectivity index (χ0v) is 16.8. The molecule has 8 heteroatoms. The number of furan rings is 1. The van der Waals surface area contributed by atoms with Gasteiger partial charge in [-0.3, -0.25) is 9.59 Å². The van der Waals surface area contributed by atoms with Gasteiger partial charge in [-0.2, -0.15) is 0 Å². The van der Waals surface area contributed by atoms with E-state index in [2.05, 4.69) is 0 Å². The van der Waals surface area contributed by atoms with Crippen molar-refractivity contribution in [1.29, 1.82) is 0 Å². The Hall–Kier alpha value is -1.83. The van der Waals surface area contributed by atoms with E-state index in [-0.39, 0.29) is 23.8 Å². The molecule has 0 radical (unpaired) electrons. The average Bonchev–Trinajstić information content (AvgIpc) is 3.05. The van der Waals surface area contributed by atoms with Crippen molar-refractivity contribution < 1.29 is 18.7 Å². The van der Waals surface area contributed by atoms with Gasteiger partial charge in [0.15, 0.2) is 0 Å². The average molecular weight is 409 g/mol. The van der Waals surface area contributed by atoms with Gasteiger partial charge < -0.3 is 19.0 Å². The van der Waals surface area contributed by atoms with Gasteiger partial charge >= 0.3 is 0 Å². The Bertz CT molecular complexity index is 877. The maximum absolute atomic E-state index is 13.2. The summed E-state index contributed by atoms with van der Waals surface area (Å²) in [4.78, 5) is 30.4. The van der Waals surface area contributed by atoms with E-state index < -0.39 is 0 Å². The van der Waals surface area contributed by atoms with Crippen LogP contribution in [0.1, 0.15) is 31.6 Å². The summed E-state index contributed by atoms with van der Waals surface area (Å²) in [6.07, 6.45) is 0. The molecular formula is C19H21ClN2O4S. The van der Waals surface area contributed by atoms with Crippen LogP contribution in [0.2, 0.25) is 4.34 Å². The number of thiophene rings is 1. The number of nitrogens with zero attached hydrogens (tertiary/aromatic N) is 2. The van der Waals surface area contributed by atoms with Crippen molar-refractivity contribution in [1.82, 2.24) is 9.80 Å². The number of hydrogen-bond acceptors (Lipinski definition) is 5. The summed E-state index contributed by atoms with van der Waals surface area (Å²) < 4.78 is 11.9. The fourth-order valence-corrected chi connectivity index (χ4v) is 4.85. The first-order valence-corrected chi connectivity index (χ1v) is 10.1. The maximum Gasteiger partial charge on any atom is 0.264 e. The van der Waals surface area contributed by atoms with Crippen molar-refractivity contribution in [2.45, 2.75) is 19.9 Å². The normalized spacial score (nSPS) is 22.6. The molecule has 2 atom stereocenters. The number of halogens is 1. The largest absolute Gasteiger partial charge is 0.466 e. The molecular weight excluding hydrogens is 388 g/mol. The van der Waals surface area contributed by atoms with Crippen LogP contribution in [0.3, 0.4) is 0 Å². The summed E-state index contributed by atoms with van der Waals surface area (Å²) in [6.45, 7) is 6.19. The van der Waals surface area contributed by atoms with Gasteiger partial charge in [0.1, 0.15) is 11.5 Å². The van der Waals surface area contributed by atoms with Crippen molar-refractivity contribution in [3.63, 3.8) is 0 Å². The van der Waals surface area contributed by atoms with Crippen molar-refractivity contribution in [2.75, 3.05) is 32.8 Å². The van der Waals surface area contributed by atoms with Gasteiger partial charge in [0.05, 0.1) is 34.0 Å². The van der Waals surface area contributed by atoms with Gasteiger partial charge in [-0.05, 0) is 32.0 Å². The number of aryl methyl sites for hydroxylation is 2. The fraction of sp³-hybridized carbons (Fsp3) is 0.474. The van der Waals surface area contributed by atoms with Crippen molar-refractivity contribution in [3.05, 3.63) is 44.5 Å². The topological polar surface area (TPSA) is 63.0 Å². The van der Waals surface area contributed by atoms with Crippen LogP contribution >= 0.6 is 22.9 Å². The second kappa shape index (κ2) is 7.30. The van der Waals surface area contributed by atoms with E-state index in [4.69, 9.17) is 20.8 Å². The highest BCUT2D eigenvalue weighted by atomic mass is 35.5. The second-order valence-electron chi connectivity index (χ2n) is 7.16. The summed E-state index contributed by atoms with van der Waals surface area (Å²) in [5, 5.41) is 0. The molecule has 2 bridgehead atoms. The maximum atomic E-state index is 13.2. The molecule has 0 saturated carbocycles. The quantitative estimate of drug-likeness (QED) is 0.765. The lowest BCUT2D eigenvalue weighted by Crippen LogP contribution is -2.47. The molecule has 2 aliphatic rings. The number of ether oxygens (including phenoxy) is 1. The Morgan fingerprint density at radius 3 is 2.63 bits per heavy atom.